The number of halogens is 1. The Hall–Kier alpha value is -3.30. The monoisotopic (exact) mass is 398 g/mol. The largest absolute Gasteiger partial charge is 0.497 e. The lowest BCUT2D eigenvalue weighted by Gasteiger charge is -2.07. The van der Waals surface area contributed by atoms with Crippen molar-refractivity contribution >= 4 is 29.6 Å². The number of amides is 1. The topological polar surface area (TPSA) is 88.4 Å². The minimum Gasteiger partial charge on any atom is -0.497 e. The molecule has 28 heavy (non-hydrogen) atoms. The highest BCUT2D eigenvalue weighted by Crippen LogP contribution is 2.15. The number of nitrogens with zero attached hydrogens (tertiary/aromatic N) is 1. The summed E-state index contributed by atoms with van der Waals surface area (Å²) >= 11 is 5.91. The Morgan fingerprint density at radius 1 is 1.21 bits per heavy atom. The lowest BCUT2D eigenvalue weighted by molar-refractivity contribution is -0.144. The molecule has 2 rings (SSSR count). The molecule has 0 aromatic heterocycles. The van der Waals surface area contributed by atoms with Gasteiger partial charge in [0, 0.05) is 11.6 Å². The summed E-state index contributed by atoms with van der Waals surface area (Å²) in [6, 6.07) is 16.0. The highest BCUT2D eigenvalue weighted by atomic mass is 35.5. The molecule has 2 aromatic carbocycles. The average molecular weight is 399 g/mol. The van der Waals surface area contributed by atoms with Crippen molar-refractivity contribution in [2.75, 3.05) is 20.3 Å². The van der Waals surface area contributed by atoms with Gasteiger partial charge in [0.05, 0.1) is 7.11 Å². The molecule has 0 bridgehead atoms. The van der Waals surface area contributed by atoms with E-state index in [1.807, 2.05) is 18.2 Å². The standard InChI is InChI=1S/C21H19ClN2O4/c1-27-19-7-3-5-16(12-19)10-17(13-23)21(26)28-14-20(25)24-9-8-15-4-2-6-18(22)11-15/h2-7,10-12H,8-9,14H2,1H3,(H,24,25)/b17-10+. The van der Waals surface area contributed by atoms with E-state index in [1.165, 1.54) is 13.2 Å². The van der Waals surface area contributed by atoms with Crippen LogP contribution in [0.5, 0.6) is 5.75 Å². The van der Waals surface area contributed by atoms with Gasteiger partial charge in [-0.15, -0.1) is 0 Å². The second-order valence-electron chi connectivity index (χ2n) is 5.75. The quantitative estimate of drug-likeness (QED) is 0.419. The van der Waals surface area contributed by atoms with Crippen LogP contribution in [0, 0.1) is 11.3 Å². The second-order valence-corrected chi connectivity index (χ2v) is 6.19. The predicted molar refractivity (Wildman–Crippen MR) is 106 cm³/mol. The van der Waals surface area contributed by atoms with E-state index in [1.54, 1.807) is 36.4 Å². The van der Waals surface area contributed by atoms with Gasteiger partial charge in [-0.3, -0.25) is 4.79 Å². The summed E-state index contributed by atoms with van der Waals surface area (Å²) in [5.74, 6) is -0.720. The second kappa shape index (κ2) is 10.8. The maximum Gasteiger partial charge on any atom is 0.349 e. The number of methoxy groups -OCH3 is 1. The smallest absolute Gasteiger partial charge is 0.349 e. The molecular formula is C21H19ClN2O4. The van der Waals surface area contributed by atoms with E-state index in [-0.39, 0.29) is 5.57 Å². The van der Waals surface area contributed by atoms with Gasteiger partial charge in [-0.1, -0.05) is 35.9 Å². The molecule has 144 valence electrons. The lowest BCUT2D eigenvalue weighted by Crippen LogP contribution is -2.30. The van der Waals surface area contributed by atoms with E-state index in [2.05, 4.69) is 5.32 Å². The molecule has 0 aliphatic rings. The number of rotatable bonds is 8. The molecule has 7 heteroatoms. The fourth-order valence-electron chi connectivity index (χ4n) is 2.33. The predicted octanol–water partition coefficient (Wildman–Crippen LogP) is 3.16. The Balaban J connectivity index is 1.83. The zero-order valence-corrected chi connectivity index (χ0v) is 16.0. The van der Waals surface area contributed by atoms with Gasteiger partial charge in [0.2, 0.25) is 0 Å². The molecular weight excluding hydrogens is 380 g/mol. The zero-order chi connectivity index (χ0) is 20.4. The van der Waals surface area contributed by atoms with E-state index < -0.39 is 18.5 Å². The molecule has 0 radical (unpaired) electrons. The van der Waals surface area contributed by atoms with Crippen molar-refractivity contribution in [2.45, 2.75) is 6.42 Å². The third-order valence-electron chi connectivity index (χ3n) is 3.70. The number of carbonyl (C=O) groups excluding carboxylic acids is 2. The van der Waals surface area contributed by atoms with Crippen molar-refractivity contribution in [3.8, 4) is 11.8 Å². The molecule has 6 nitrogen and oxygen atoms in total. The van der Waals surface area contributed by atoms with Crippen LogP contribution in [0.2, 0.25) is 5.02 Å². The molecule has 0 fully saturated rings. The molecule has 0 aliphatic heterocycles. The van der Waals surface area contributed by atoms with Crippen LogP contribution in [0.4, 0.5) is 0 Å². The van der Waals surface area contributed by atoms with Crippen molar-refractivity contribution in [2.24, 2.45) is 0 Å². The first kappa shape index (κ1) is 21.0. The van der Waals surface area contributed by atoms with Crippen LogP contribution in [-0.2, 0) is 20.7 Å². The number of benzene rings is 2. The molecule has 0 atom stereocenters. The number of carbonyl (C=O) groups is 2. The van der Waals surface area contributed by atoms with E-state index in [0.29, 0.717) is 29.3 Å². The van der Waals surface area contributed by atoms with Crippen molar-refractivity contribution in [3.63, 3.8) is 0 Å². The van der Waals surface area contributed by atoms with Gasteiger partial charge in [-0.05, 0) is 47.9 Å². The first-order valence-corrected chi connectivity index (χ1v) is 8.83. The highest BCUT2D eigenvalue weighted by molar-refractivity contribution is 6.30. The third kappa shape index (κ3) is 6.78. The summed E-state index contributed by atoms with van der Waals surface area (Å²) in [7, 11) is 1.52. The molecule has 0 unspecified atom stereocenters. The normalized spacial score (nSPS) is 10.7. The summed E-state index contributed by atoms with van der Waals surface area (Å²) in [6.07, 6.45) is 1.97. The SMILES string of the molecule is COc1cccc(/C=C(\C#N)C(=O)OCC(=O)NCCc2cccc(Cl)c2)c1. The van der Waals surface area contributed by atoms with Gasteiger partial charge in [-0.2, -0.15) is 5.26 Å². The number of hydrogen-bond donors (Lipinski definition) is 1. The van der Waals surface area contributed by atoms with Crippen molar-refractivity contribution in [1.82, 2.24) is 5.32 Å². The molecule has 2 aromatic rings. The maximum atomic E-state index is 12.0. The van der Waals surface area contributed by atoms with Gasteiger partial charge in [-0.25, -0.2) is 4.79 Å². The summed E-state index contributed by atoms with van der Waals surface area (Å²) in [4.78, 5) is 23.9. The summed E-state index contributed by atoms with van der Waals surface area (Å²) < 4.78 is 10.0. The van der Waals surface area contributed by atoms with Gasteiger partial charge in [0.25, 0.3) is 5.91 Å². The first-order valence-electron chi connectivity index (χ1n) is 8.46. The Kier molecular flexibility index (Phi) is 8.07. The van der Waals surface area contributed by atoms with Gasteiger partial charge < -0.3 is 14.8 Å². The zero-order valence-electron chi connectivity index (χ0n) is 15.3. The van der Waals surface area contributed by atoms with E-state index >= 15 is 0 Å². The molecule has 0 saturated heterocycles. The third-order valence-corrected chi connectivity index (χ3v) is 3.94. The highest BCUT2D eigenvalue weighted by Gasteiger charge is 2.13. The van der Waals surface area contributed by atoms with Crippen LogP contribution in [0.1, 0.15) is 11.1 Å². The number of hydrogen-bond acceptors (Lipinski definition) is 5. The van der Waals surface area contributed by atoms with Crippen LogP contribution >= 0.6 is 11.6 Å². The van der Waals surface area contributed by atoms with Gasteiger partial charge >= 0.3 is 5.97 Å². The molecule has 0 saturated carbocycles. The van der Waals surface area contributed by atoms with Crippen LogP contribution in [0.3, 0.4) is 0 Å². The van der Waals surface area contributed by atoms with Crippen LogP contribution in [-0.4, -0.2) is 32.1 Å². The molecule has 1 N–H and O–H groups in total. The maximum absolute atomic E-state index is 12.0. The number of nitrogens with one attached hydrogen (secondary N) is 1. The van der Waals surface area contributed by atoms with E-state index in [9.17, 15) is 14.9 Å². The fraction of sp³-hybridized carbons (Fsp3) is 0.190. The van der Waals surface area contributed by atoms with Crippen molar-refractivity contribution in [3.05, 3.63) is 70.3 Å². The lowest BCUT2D eigenvalue weighted by atomic mass is 10.1. The number of esters is 1. The average Bonchev–Trinajstić information content (AvgIpc) is 2.70. The summed E-state index contributed by atoms with van der Waals surface area (Å²) in [5, 5.41) is 12.5. The molecule has 1 amide bonds. The van der Waals surface area contributed by atoms with Crippen LogP contribution in [0.15, 0.2) is 54.1 Å². The van der Waals surface area contributed by atoms with Gasteiger partial charge in [0.1, 0.15) is 17.4 Å². The molecule has 0 aliphatic carbocycles. The Labute approximate surface area is 168 Å². The molecule has 0 heterocycles. The fourth-order valence-corrected chi connectivity index (χ4v) is 2.55. The first-order chi connectivity index (χ1) is 13.5. The van der Waals surface area contributed by atoms with Crippen LogP contribution in [0.25, 0.3) is 6.08 Å². The Morgan fingerprint density at radius 2 is 2.00 bits per heavy atom. The Bertz CT molecular complexity index is 919. The van der Waals surface area contributed by atoms with Gasteiger partial charge in [0.15, 0.2) is 6.61 Å². The number of ether oxygens (including phenoxy) is 2. The minimum atomic E-state index is -0.865. The van der Waals surface area contributed by atoms with Crippen LogP contribution < -0.4 is 10.1 Å². The van der Waals surface area contributed by atoms with Crippen molar-refractivity contribution < 1.29 is 19.1 Å². The van der Waals surface area contributed by atoms with E-state index in [4.69, 9.17) is 21.1 Å². The van der Waals surface area contributed by atoms with E-state index in [0.717, 1.165) is 5.56 Å². The number of nitriles is 1. The molecule has 0 spiro atoms. The Morgan fingerprint density at radius 3 is 2.71 bits per heavy atom. The summed E-state index contributed by atoms with van der Waals surface area (Å²) in [6.45, 7) is -0.0903. The minimum absolute atomic E-state index is 0.208. The van der Waals surface area contributed by atoms with Crippen molar-refractivity contribution in [1.29, 1.82) is 5.26 Å². The summed E-state index contributed by atoms with van der Waals surface area (Å²) in [5.41, 5.74) is 1.39.